The second-order valence-corrected chi connectivity index (χ2v) is 5.82. The van der Waals surface area contributed by atoms with Crippen molar-refractivity contribution >= 4 is 5.82 Å². The van der Waals surface area contributed by atoms with Gasteiger partial charge in [-0.05, 0) is 25.7 Å². The van der Waals surface area contributed by atoms with Crippen molar-refractivity contribution in [1.82, 2.24) is 15.3 Å². The molecule has 1 atom stereocenters. The highest BCUT2D eigenvalue weighted by Crippen LogP contribution is 2.29. The molecule has 1 saturated heterocycles. The van der Waals surface area contributed by atoms with Crippen molar-refractivity contribution in [3.8, 4) is 5.88 Å². The van der Waals surface area contributed by atoms with Crippen LogP contribution in [0.25, 0.3) is 0 Å². The molecule has 0 spiro atoms. The van der Waals surface area contributed by atoms with Gasteiger partial charge < -0.3 is 15.0 Å². The maximum Gasteiger partial charge on any atom is 0.234 e. The first-order chi connectivity index (χ1) is 9.83. The number of ether oxygens (including phenoxy) is 1. The SMILES string of the molecule is CC(Oc1cncc(N2CCNCC2)n1)C1CCCC1. The van der Waals surface area contributed by atoms with Crippen LogP contribution in [0.15, 0.2) is 12.4 Å². The molecule has 0 bridgehead atoms. The molecule has 0 radical (unpaired) electrons. The van der Waals surface area contributed by atoms with Crippen LogP contribution in [0.3, 0.4) is 0 Å². The molecule has 2 heterocycles. The molecule has 1 unspecified atom stereocenters. The third-order valence-electron chi connectivity index (χ3n) is 4.41. The van der Waals surface area contributed by atoms with E-state index in [0.29, 0.717) is 11.8 Å². The topological polar surface area (TPSA) is 50.3 Å². The average molecular weight is 276 g/mol. The van der Waals surface area contributed by atoms with E-state index >= 15 is 0 Å². The molecular weight excluding hydrogens is 252 g/mol. The van der Waals surface area contributed by atoms with Gasteiger partial charge >= 0.3 is 0 Å². The van der Waals surface area contributed by atoms with Crippen LogP contribution < -0.4 is 15.0 Å². The standard InChI is InChI=1S/C15H24N4O/c1-12(13-4-2-3-5-13)20-15-11-17-10-14(18-15)19-8-6-16-7-9-19/h10-13,16H,2-9H2,1H3. The maximum atomic E-state index is 6.01. The van der Waals surface area contributed by atoms with Gasteiger partial charge in [0.25, 0.3) is 0 Å². The third kappa shape index (κ3) is 3.20. The first-order valence-corrected chi connectivity index (χ1v) is 7.77. The molecule has 1 aliphatic heterocycles. The van der Waals surface area contributed by atoms with Crippen LogP contribution in [0, 0.1) is 5.92 Å². The second kappa shape index (κ2) is 6.39. The van der Waals surface area contributed by atoms with E-state index in [4.69, 9.17) is 4.74 Å². The predicted octanol–water partition coefficient (Wildman–Crippen LogP) is 1.84. The Hall–Kier alpha value is -1.36. The monoisotopic (exact) mass is 276 g/mol. The zero-order valence-corrected chi connectivity index (χ0v) is 12.2. The number of nitrogens with zero attached hydrogens (tertiary/aromatic N) is 3. The molecule has 2 fully saturated rings. The zero-order chi connectivity index (χ0) is 13.8. The summed E-state index contributed by atoms with van der Waals surface area (Å²) in [7, 11) is 0. The number of hydrogen-bond acceptors (Lipinski definition) is 5. The molecule has 5 nitrogen and oxygen atoms in total. The Morgan fingerprint density at radius 2 is 2.00 bits per heavy atom. The maximum absolute atomic E-state index is 6.01. The zero-order valence-electron chi connectivity index (χ0n) is 12.2. The minimum absolute atomic E-state index is 0.241. The van der Waals surface area contributed by atoms with Gasteiger partial charge in [0.05, 0.1) is 12.4 Å². The van der Waals surface area contributed by atoms with Crippen LogP contribution in [0.1, 0.15) is 32.6 Å². The minimum Gasteiger partial charge on any atom is -0.473 e. The van der Waals surface area contributed by atoms with Gasteiger partial charge in [0, 0.05) is 26.2 Å². The van der Waals surface area contributed by atoms with Gasteiger partial charge in [0.2, 0.25) is 5.88 Å². The van der Waals surface area contributed by atoms with E-state index in [2.05, 4.69) is 27.1 Å². The summed E-state index contributed by atoms with van der Waals surface area (Å²) < 4.78 is 6.01. The van der Waals surface area contributed by atoms with E-state index in [0.717, 1.165) is 32.0 Å². The molecule has 3 rings (SSSR count). The number of rotatable bonds is 4. The second-order valence-electron chi connectivity index (χ2n) is 5.82. The van der Waals surface area contributed by atoms with Gasteiger partial charge in [-0.15, -0.1) is 0 Å². The van der Waals surface area contributed by atoms with Gasteiger partial charge in [-0.1, -0.05) is 12.8 Å². The van der Waals surface area contributed by atoms with E-state index in [1.165, 1.54) is 25.7 Å². The van der Waals surface area contributed by atoms with Crippen LogP contribution in [0.4, 0.5) is 5.82 Å². The molecule has 1 aromatic rings. The molecule has 0 amide bonds. The Morgan fingerprint density at radius 3 is 2.75 bits per heavy atom. The summed E-state index contributed by atoms with van der Waals surface area (Å²) in [6.07, 6.45) is 9.05. The summed E-state index contributed by atoms with van der Waals surface area (Å²) in [6.45, 7) is 6.14. The quantitative estimate of drug-likeness (QED) is 0.909. The summed E-state index contributed by atoms with van der Waals surface area (Å²) >= 11 is 0. The Kier molecular flexibility index (Phi) is 4.35. The molecule has 1 aromatic heterocycles. The number of piperazine rings is 1. The summed E-state index contributed by atoms with van der Waals surface area (Å²) in [4.78, 5) is 11.2. The van der Waals surface area contributed by atoms with Crippen molar-refractivity contribution < 1.29 is 4.74 Å². The molecule has 0 aromatic carbocycles. The molecule has 20 heavy (non-hydrogen) atoms. The molecule has 1 aliphatic carbocycles. The highest BCUT2D eigenvalue weighted by molar-refractivity contribution is 5.38. The first-order valence-electron chi connectivity index (χ1n) is 7.77. The van der Waals surface area contributed by atoms with Crippen molar-refractivity contribution in [3.63, 3.8) is 0 Å². The van der Waals surface area contributed by atoms with E-state index in [-0.39, 0.29) is 6.10 Å². The first kappa shape index (κ1) is 13.6. The molecular formula is C15H24N4O. The van der Waals surface area contributed by atoms with Gasteiger partial charge in [-0.2, -0.15) is 4.98 Å². The van der Waals surface area contributed by atoms with E-state index in [1.807, 2.05) is 6.20 Å². The number of nitrogens with one attached hydrogen (secondary N) is 1. The highest BCUT2D eigenvalue weighted by atomic mass is 16.5. The van der Waals surface area contributed by atoms with E-state index in [9.17, 15) is 0 Å². The molecule has 110 valence electrons. The van der Waals surface area contributed by atoms with Crippen molar-refractivity contribution in [2.45, 2.75) is 38.7 Å². The van der Waals surface area contributed by atoms with Gasteiger partial charge in [0.15, 0.2) is 5.82 Å². The normalized spacial score (nSPS) is 21.9. The fourth-order valence-electron chi connectivity index (χ4n) is 3.15. The number of aromatic nitrogens is 2. The molecule has 2 aliphatic rings. The van der Waals surface area contributed by atoms with E-state index < -0.39 is 0 Å². The van der Waals surface area contributed by atoms with Gasteiger partial charge in [-0.25, -0.2) is 0 Å². The Labute approximate surface area is 120 Å². The van der Waals surface area contributed by atoms with E-state index in [1.54, 1.807) is 6.20 Å². The third-order valence-corrected chi connectivity index (χ3v) is 4.41. The average Bonchev–Trinajstić information content (AvgIpc) is 3.03. The molecule has 1 saturated carbocycles. The Balaban J connectivity index is 1.64. The van der Waals surface area contributed by atoms with Crippen molar-refractivity contribution in [2.75, 3.05) is 31.1 Å². The fourth-order valence-corrected chi connectivity index (χ4v) is 3.15. The summed E-state index contributed by atoms with van der Waals surface area (Å²) in [6, 6.07) is 0. The van der Waals surface area contributed by atoms with Crippen LogP contribution in [-0.2, 0) is 0 Å². The lowest BCUT2D eigenvalue weighted by Gasteiger charge is -2.28. The fraction of sp³-hybridized carbons (Fsp3) is 0.733. The summed E-state index contributed by atoms with van der Waals surface area (Å²) in [5.74, 6) is 2.28. The van der Waals surface area contributed by atoms with Crippen LogP contribution in [-0.4, -0.2) is 42.3 Å². The number of anilines is 1. The van der Waals surface area contributed by atoms with Crippen LogP contribution >= 0.6 is 0 Å². The Morgan fingerprint density at radius 1 is 1.25 bits per heavy atom. The van der Waals surface area contributed by atoms with Crippen molar-refractivity contribution in [3.05, 3.63) is 12.4 Å². The van der Waals surface area contributed by atoms with Gasteiger partial charge in [0.1, 0.15) is 6.10 Å². The molecule has 1 N–H and O–H groups in total. The largest absolute Gasteiger partial charge is 0.473 e. The smallest absolute Gasteiger partial charge is 0.234 e. The van der Waals surface area contributed by atoms with Crippen LogP contribution in [0.5, 0.6) is 5.88 Å². The predicted molar refractivity (Wildman–Crippen MR) is 79.2 cm³/mol. The van der Waals surface area contributed by atoms with Gasteiger partial charge in [-0.3, -0.25) is 4.98 Å². The summed E-state index contributed by atoms with van der Waals surface area (Å²) in [5.41, 5.74) is 0. The lowest BCUT2D eigenvalue weighted by Crippen LogP contribution is -2.44. The lowest BCUT2D eigenvalue weighted by molar-refractivity contribution is 0.147. The highest BCUT2D eigenvalue weighted by Gasteiger charge is 2.23. The number of hydrogen-bond donors (Lipinski definition) is 1. The van der Waals surface area contributed by atoms with Crippen molar-refractivity contribution in [2.24, 2.45) is 5.92 Å². The summed E-state index contributed by atoms with van der Waals surface area (Å²) in [5, 5.41) is 3.35. The minimum atomic E-state index is 0.241. The lowest BCUT2D eigenvalue weighted by atomic mass is 10.0. The Bertz CT molecular complexity index is 428. The molecule has 5 heteroatoms. The van der Waals surface area contributed by atoms with Crippen LogP contribution in [0.2, 0.25) is 0 Å². The van der Waals surface area contributed by atoms with Crippen molar-refractivity contribution in [1.29, 1.82) is 0 Å².